The SMILES string of the molecule is O=C(N[C@@H](COc1ccccc1)[C@H](O)[C@@H]1OC(=O)N[C@H]1COc1ccccc1)OCc1ccccc1. The molecule has 9 nitrogen and oxygen atoms in total. The fraction of sp³-hybridized carbons (Fsp3) is 0.259. The van der Waals surface area contributed by atoms with Gasteiger partial charge in [-0.3, -0.25) is 0 Å². The molecule has 1 aliphatic heterocycles. The predicted molar refractivity (Wildman–Crippen MR) is 131 cm³/mol. The molecule has 1 saturated heterocycles. The van der Waals surface area contributed by atoms with Gasteiger partial charge in [-0.25, -0.2) is 9.59 Å². The molecule has 36 heavy (non-hydrogen) atoms. The summed E-state index contributed by atoms with van der Waals surface area (Å²) >= 11 is 0. The van der Waals surface area contributed by atoms with Crippen LogP contribution >= 0.6 is 0 Å². The summed E-state index contributed by atoms with van der Waals surface area (Å²) in [6.07, 6.45) is -3.75. The molecule has 3 N–H and O–H groups in total. The number of benzene rings is 3. The lowest BCUT2D eigenvalue weighted by atomic mass is 10.0. The van der Waals surface area contributed by atoms with Gasteiger partial charge in [0.05, 0.1) is 6.04 Å². The molecule has 0 bridgehead atoms. The number of carbonyl (C=O) groups is 2. The van der Waals surface area contributed by atoms with Crippen molar-refractivity contribution >= 4 is 12.2 Å². The average molecular weight is 493 g/mol. The van der Waals surface area contributed by atoms with Gasteiger partial charge in [0, 0.05) is 0 Å². The van der Waals surface area contributed by atoms with Crippen LogP contribution < -0.4 is 20.1 Å². The fourth-order valence-corrected chi connectivity index (χ4v) is 3.69. The minimum absolute atomic E-state index is 0.0577. The number of hydrogen-bond acceptors (Lipinski definition) is 7. The second kappa shape index (κ2) is 12.5. The van der Waals surface area contributed by atoms with Crippen LogP contribution in [0.3, 0.4) is 0 Å². The van der Waals surface area contributed by atoms with E-state index in [1.54, 1.807) is 24.3 Å². The number of ether oxygens (including phenoxy) is 4. The molecule has 4 atom stereocenters. The van der Waals surface area contributed by atoms with Crippen LogP contribution in [-0.2, 0) is 16.1 Å². The third kappa shape index (κ3) is 7.13. The van der Waals surface area contributed by atoms with E-state index in [1.807, 2.05) is 66.7 Å². The number of rotatable bonds is 11. The van der Waals surface area contributed by atoms with Gasteiger partial charge in [-0.1, -0.05) is 66.7 Å². The molecule has 1 fully saturated rings. The molecule has 2 amide bonds. The quantitative estimate of drug-likeness (QED) is 0.376. The highest BCUT2D eigenvalue weighted by atomic mass is 16.6. The standard InChI is InChI=1S/C27H28N2O7/c30-24(25-23(29-27(32)36-25)18-34-21-14-8-3-9-15-21)22(17-33-20-12-6-2-7-13-20)28-26(31)35-16-19-10-4-1-5-11-19/h1-15,22-25,30H,16-18H2,(H,28,31)(H,29,32)/t22-,23-,24-,25+/m0/s1. The van der Waals surface area contributed by atoms with E-state index in [2.05, 4.69) is 10.6 Å². The number of alkyl carbamates (subject to hydrolysis) is 2. The maximum atomic E-state index is 12.6. The van der Waals surface area contributed by atoms with Crippen molar-refractivity contribution in [2.45, 2.75) is 30.9 Å². The van der Waals surface area contributed by atoms with Crippen LogP contribution in [0.15, 0.2) is 91.0 Å². The van der Waals surface area contributed by atoms with Gasteiger partial charge in [0.1, 0.15) is 43.5 Å². The Labute approximate surface area is 208 Å². The monoisotopic (exact) mass is 492 g/mol. The first kappa shape index (κ1) is 24.9. The Morgan fingerprint density at radius 3 is 2.14 bits per heavy atom. The molecule has 4 rings (SSSR count). The Kier molecular flexibility index (Phi) is 8.61. The van der Waals surface area contributed by atoms with E-state index in [0.717, 1.165) is 5.56 Å². The van der Waals surface area contributed by atoms with E-state index >= 15 is 0 Å². The van der Waals surface area contributed by atoms with Crippen LogP contribution in [0, 0.1) is 0 Å². The number of cyclic esters (lactones) is 1. The van der Waals surface area contributed by atoms with Crippen LogP contribution in [0.1, 0.15) is 5.56 Å². The van der Waals surface area contributed by atoms with Gasteiger partial charge in [0.2, 0.25) is 0 Å². The maximum absolute atomic E-state index is 12.6. The molecule has 3 aromatic carbocycles. The van der Waals surface area contributed by atoms with Crippen molar-refractivity contribution in [3.63, 3.8) is 0 Å². The molecule has 188 valence electrons. The predicted octanol–water partition coefficient (Wildman–Crippen LogP) is 3.28. The third-order valence-corrected chi connectivity index (χ3v) is 5.55. The van der Waals surface area contributed by atoms with Crippen LogP contribution in [0.4, 0.5) is 9.59 Å². The molecule has 1 aliphatic rings. The number of nitrogens with one attached hydrogen (secondary N) is 2. The van der Waals surface area contributed by atoms with Crippen molar-refractivity contribution in [3.05, 3.63) is 96.6 Å². The molecule has 0 spiro atoms. The van der Waals surface area contributed by atoms with Crippen LogP contribution in [0.25, 0.3) is 0 Å². The third-order valence-electron chi connectivity index (χ3n) is 5.55. The first-order valence-electron chi connectivity index (χ1n) is 11.6. The van der Waals surface area contributed by atoms with Crippen LogP contribution in [0.5, 0.6) is 11.5 Å². The molecule has 9 heteroatoms. The Balaban J connectivity index is 1.42. The van der Waals surface area contributed by atoms with E-state index in [0.29, 0.717) is 11.5 Å². The number of aliphatic hydroxyl groups is 1. The first-order chi connectivity index (χ1) is 17.6. The summed E-state index contributed by atoms with van der Waals surface area (Å²) in [6.45, 7) is 0.0245. The summed E-state index contributed by atoms with van der Waals surface area (Å²) in [7, 11) is 0. The van der Waals surface area contributed by atoms with Gasteiger partial charge in [-0.2, -0.15) is 0 Å². The summed E-state index contributed by atoms with van der Waals surface area (Å²) in [5, 5.41) is 16.5. The minimum Gasteiger partial charge on any atom is -0.491 e. The Morgan fingerprint density at radius 2 is 1.50 bits per heavy atom. The summed E-state index contributed by atoms with van der Waals surface area (Å²) < 4.78 is 22.2. The van der Waals surface area contributed by atoms with Gasteiger partial charge >= 0.3 is 12.2 Å². The van der Waals surface area contributed by atoms with Crippen molar-refractivity contribution < 1.29 is 33.6 Å². The molecule has 0 saturated carbocycles. The molecule has 3 aromatic rings. The van der Waals surface area contributed by atoms with Crippen LogP contribution in [0.2, 0.25) is 0 Å². The highest BCUT2D eigenvalue weighted by Gasteiger charge is 2.43. The Morgan fingerprint density at radius 1 is 0.917 bits per heavy atom. The van der Waals surface area contributed by atoms with Gasteiger partial charge in [0.15, 0.2) is 6.10 Å². The van der Waals surface area contributed by atoms with Crippen molar-refractivity contribution in [1.82, 2.24) is 10.6 Å². The van der Waals surface area contributed by atoms with Gasteiger partial charge in [-0.15, -0.1) is 0 Å². The number of aliphatic hydroxyl groups excluding tert-OH is 1. The summed E-state index contributed by atoms with van der Waals surface area (Å²) in [5.74, 6) is 1.16. The zero-order valence-electron chi connectivity index (χ0n) is 19.5. The normalized spacial score (nSPS) is 18.3. The lowest BCUT2D eigenvalue weighted by Gasteiger charge is -2.29. The lowest BCUT2D eigenvalue weighted by Crippen LogP contribution is -2.55. The maximum Gasteiger partial charge on any atom is 0.408 e. The summed E-state index contributed by atoms with van der Waals surface area (Å²) in [4.78, 5) is 24.6. The zero-order chi connectivity index (χ0) is 25.2. The molecule has 0 unspecified atom stereocenters. The Bertz CT molecular complexity index is 1100. The number of amides is 2. The first-order valence-corrected chi connectivity index (χ1v) is 11.6. The highest BCUT2D eigenvalue weighted by molar-refractivity contribution is 5.70. The average Bonchev–Trinajstić information content (AvgIpc) is 3.30. The smallest absolute Gasteiger partial charge is 0.408 e. The van der Waals surface area contributed by atoms with Crippen molar-refractivity contribution in [2.75, 3.05) is 13.2 Å². The van der Waals surface area contributed by atoms with Crippen molar-refractivity contribution in [3.8, 4) is 11.5 Å². The number of para-hydroxylation sites is 2. The highest BCUT2D eigenvalue weighted by Crippen LogP contribution is 2.19. The van der Waals surface area contributed by atoms with E-state index in [-0.39, 0.29) is 19.8 Å². The van der Waals surface area contributed by atoms with Crippen molar-refractivity contribution in [1.29, 1.82) is 0 Å². The fourth-order valence-electron chi connectivity index (χ4n) is 3.69. The van der Waals surface area contributed by atoms with Gasteiger partial charge in [0.25, 0.3) is 0 Å². The number of carbonyl (C=O) groups excluding carboxylic acids is 2. The second-order valence-electron chi connectivity index (χ2n) is 8.17. The van der Waals surface area contributed by atoms with Crippen molar-refractivity contribution in [2.24, 2.45) is 0 Å². The molecule has 0 aliphatic carbocycles. The minimum atomic E-state index is -1.32. The van der Waals surface area contributed by atoms with E-state index in [1.165, 1.54) is 0 Å². The van der Waals surface area contributed by atoms with E-state index < -0.39 is 36.5 Å². The zero-order valence-corrected chi connectivity index (χ0v) is 19.5. The van der Waals surface area contributed by atoms with Gasteiger partial charge in [-0.05, 0) is 29.8 Å². The summed E-state index contributed by atoms with van der Waals surface area (Å²) in [6, 6.07) is 25.7. The van der Waals surface area contributed by atoms with E-state index in [4.69, 9.17) is 18.9 Å². The topological polar surface area (TPSA) is 115 Å². The molecule has 0 aromatic heterocycles. The van der Waals surface area contributed by atoms with E-state index in [9.17, 15) is 14.7 Å². The lowest BCUT2D eigenvalue weighted by molar-refractivity contribution is -0.0174. The molecular weight excluding hydrogens is 464 g/mol. The van der Waals surface area contributed by atoms with Crippen LogP contribution in [-0.4, -0.2) is 54.8 Å². The Hall–Kier alpha value is -4.24. The number of hydrogen-bond donors (Lipinski definition) is 3. The molecular formula is C27H28N2O7. The van der Waals surface area contributed by atoms with Gasteiger partial charge < -0.3 is 34.7 Å². The largest absolute Gasteiger partial charge is 0.491 e. The molecule has 0 radical (unpaired) electrons. The second-order valence-corrected chi connectivity index (χ2v) is 8.17. The molecule has 1 heterocycles. The summed E-state index contributed by atoms with van der Waals surface area (Å²) in [5.41, 5.74) is 0.817.